The summed E-state index contributed by atoms with van der Waals surface area (Å²) in [5.74, 6) is -1.92. The van der Waals surface area contributed by atoms with Gasteiger partial charge in [-0.25, -0.2) is 13.2 Å². The van der Waals surface area contributed by atoms with Crippen molar-refractivity contribution < 1.29 is 36.3 Å². The summed E-state index contributed by atoms with van der Waals surface area (Å²) in [5.41, 5.74) is 3.23. The first-order valence-electron chi connectivity index (χ1n) is 14.2. The van der Waals surface area contributed by atoms with E-state index in [0.29, 0.717) is 30.8 Å². The molecule has 0 fully saturated rings. The van der Waals surface area contributed by atoms with Crippen LogP contribution in [0.25, 0.3) is 10.8 Å². The van der Waals surface area contributed by atoms with Crippen molar-refractivity contribution in [3.05, 3.63) is 71.8 Å². The summed E-state index contributed by atoms with van der Waals surface area (Å²) in [7, 11) is 2.17. The van der Waals surface area contributed by atoms with Gasteiger partial charge in [-0.15, -0.1) is 0 Å². The largest absolute Gasteiger partial charge is 0.490 e. The minimum absolute atomic E-state index is 0.0565. The number of nitrogens with one attached hydrogen (secondary N) is 2. The number of sulfone groups is 1. The van der Waals surface area contributed by atoms with Crippen LogP contribution in [0, 0.1) is 0 Å². The van der Waals surface area contributed by atoms with E-state index < -0.39 is 22.0 Å². The third-order valence-electron chi connectivity index (χ3n) is 7.02. The molecular weight excluding hydrogens is 611 g/mol. The Labute approximate surface area is 260 Å². The van der Waals surface area contributed by atoms with Crippen molar-refractivity contribution >= 4 is 44.0 Å². The number of hydrogen-bond acceptors (Lipinski definition) is 8. The molecule has 1 aliphatic rings. The second-order valence-corrected chi connectivity index (χ2v) is 12.6. The van der Waals surface area contributed by atoms with E-state index in [1.807, 2.05) is 50.3 Å². The first-order valence-corrected chi connectivity index (χ1v) is 15.9. The highest BCUT2D eigenvalue weighted by Crippen LogP contribution is 2.30. The Morgan fingerprint density at radius 3 is 2.24 bits per heavy atom. The Morgan fingerprint density at radius 2 is 1.64 bits per heavy atom. The predicted molar refractivity (Wildman–Crippen MR) is 168 cm³/mol. The Morgan fingerprint density at radius 1 is 1.00 bits per heavy atom. The zero-order valence-electron chi connectivity index (χ0n) is 25.4. The van der Waals surface area contributed by atoms with Crippen LogP contribution in [0.2, 0.25) is 0 Å². The van der Waals surface area contributed by atoms with Crippen LogP contribution in [0.5, 0.6) is 0 Å². The summed E-state index contributed by atoms with van der Waals surface area (Å²) in [5, 5.41) is 15.0. The molecule has 0 atom stereocenters. The lowest BCUT2D eigenvalue weighted by Crippen LogP contribution is -2.30. The van der Waals surface area contributed by atoms with E-state index in [2.05, 4.69) is 39.9 Å². The summed E-state index contributed by atoms with van der Waals surface area (Å²) in [6.07, 6.45) is -3.36. The molecule has 0 unspecified atom stereocenters. The maximum Gasteiger partial charge on any atom is 0.490 e. The van der Waals surface area contributed by atoms with Crippen molar-refractivity contribution in [3.8, 4) is 0 Å². The number of aliphatic imine (C=N–C) groups is 1. The Kier molecular flexibility index (Phi) is 12.3. The average Bonchev–Trinajstić information content (AvgIpc) is 3.54. The zero-order valence-corrected chi connectivity index (χ0v) is 26.2. The number of hydrogen-bond donors (Lipinski definition) is 3. The molecule has 1 heterocycles. The molecule has 0 spiro atoms. The van der Waals surface area contributed by atoms with E-state index in [9.17, 15) is 26.4 Å². The number of carbonyl (C=O) groups excluding carboxylic acids is 1. The molecule has 0 bridgehead atoms. The number of amides is 1. The van der Waals surface area contributed by atoms with Crippen molar-refractivity contribution in [1.82, 2.24) is 15.5 Å². The third-order valence-corrected chi connectivity index (χ3v) is 8.63. The highest BCUT2D eigenvalue weighted by Gasteiger charge is 2.38. The van der Waals surface area contributed by atoms with E-state index >= 15 is 0 Å². The van der Waals surface area contributed by atoms with Crippen LogP contribution in [-0.2, 0) is 25.8 Å². The fourth-order valence-corrected chi connectivity index (χ4v) is 5.98. The van der Waals surface area contributed by atoms with Crippen LogP contribution in [0.1, 0.15) is 24.0 Å². The lowest BCUT2D eigenvalue weighted by molar-refractivity contribution is -0.192. The number of likely N-dealkylation sites (N-methyl/N-ethyl adjacent to an activating group) is 1. The van der Waals surface area contributed by atoms with Gasteiger partial charge in [-0.2, -0.15) is 13.2 Å². The van der Waals surface area contributed by atoms with Gasteiger partial charge in [0.05, 0.1) is 11.4 Å². The Bertz CT molecular complexity index is 1610. The molecule has 10 nitrogen and oxygen atoms in total. The standard InChI is InChI=1S/C29H37N5O3S.C2HF3O2/c1-33(2)26-9-4-8-25-24(26)7-5-10-27(25)38(36,37)21-30-17-6-11-28(35)34(3)20-16-22-12-14-23(15-13-22)29-31-18-19-32-29;3-2(4,5)1(6)7/h4-5,7-10,12-15,30H,6,11,16-21H2,1-3H3,(H,31,32);(H,6,7). The summed E-state index contributed by atoms with van der Waals surface area (Å²) in [4.78, 5) is 29.9. The molecule has 0 aromatic heterocycles. The van der Waals surface area contributed by atoms with Crippen LogP contribution in [0.15, 0.2) is 70.6 Å². The lowest BCUT2D eigenvalue weighted by atomic mass is 10.1. The average molecular weight is 650 g/mol. The molecule has 1 aliphatic heterocycles. The molecule has 244 valence electrons. The number of halogens is 3. The molecule has 4 rings (SSSR count). The second kappa shape index (κ2) is 15.7. The van der Waals surface area contributed by atoms with E-state index in [-0.39, 0.29) is 11.8 Å². The maximum absolute atomic E-state index is 13.1. The molecule has 3 aromatic carbocycles. The number of nitrogens with zero attached hydrogens (tertiary/aromatic N) is 3. The smallest absolute Gasteiger partial charge is 0.475 e. The number of carbonyl (C=O) groups is 2. The maximum atomic E-state index is 13.1. The van der Waals surface area contributed by atoms with Gasteiger partial charge in [-0.3, -0.25) is 9.79 Å². The fraction of sp³-hybridized carbons (Fsp3) is 0.387. The predicted octanol–water partition coefficient (Wildman–Crippen LogP) is 3.69. The van der Waals surface area contributed by atoms with Crippen LogP contribution < -0.4 is 15.5 Å². The molecule has 3 aromatic rings. The first-order chi connectivity index (χ1) is 21.2. The minimum atomic E-state index is -5.08. The van der Waals surface area contributed by atoms with Gasteiger partial charge in [0.2, 0.25) is 5.91 Å². The van der Waals surface area contributed by atoms with Crippen molar-refractivity contribution in [2.24, 2.45) is 4.99 Å². The van der Waals surface area contributed by atoms with Crippen LogP contribution in [0.3, 0.4) is 0 Å². The van der Waals surface area contributed by atoms with E-state index in [1.54, 1.807) is 17.0 Å². The van der Waals surface area contributed by atoms with Crippen molar-refractivity contribution in [2.75, 3.05) is 58.1 Å². The summed E-state index contributed by atoms with van der Waals surface area (Å²) < 4.78 is 57.9. The van der Waals surface area contributed by atoms with Crippen molar-refractivity contribution in [2.45, 2.75) is 30.3 Å². The molecule has 0 radical (unpaired) electrons. The van der Waals surface area contributed by atoms with Gasteiger partial charge >= 0.3 is 12.1 Å². The van der Waals surface area contributed by atoms with E-state index in [0.717, 1.165) is 47.4 Å². The number of anilines is 1. The van der Waals surface area contributed by atoms with Crippen LogP contribution in [0.4, 0.5) is 18.9 Å². The summed E-state index contributed by atoms with van der Waals surface area (Å²) in [6.45, 7) is 2.79. The lowest BCUT2D eigenvalue weighted by Gasteiger charge is -2.18. The highest BCUT2D eigenvalue weighted by atomic mass is 32.2. The topological polar surface area (TPSA) is 131 Å². The molecule has 0 aliphatic carbocycles. The van der Waals surface area contributed by atoms with E-state index in [1.165, 1.54) is 5.56 Å². The van der Waals surface area contributed by atoms with Gasteiger partial charge in [-0.1, -0.05) is 48.5 Å². The third kappa shape index (κ3) is 10.2. The van der Waals surface area contributed by atoms with Gasteiger partial charge in [0.15, 0.2) is 9.84 Å². The van der Waals surface area contributed by atoms with Crippen LogP contribution in [-0.4, -0.2) is 95.5 Å². The summed E-state index contributed by atoms with van der Waals surface area (Å²) in [6, 6.07) is 19.4. The molecule has 1 amide bonds. The van der Waals surface area contributed by atoms with Gasteiger partial charge in [0.1, 0.15) is 11.7 Å². The molecule has 14 heteroatoms. The monoisotopic (exact) mass is 649 g/mol. The van der Waals surface area contributed by atoms with Gasteiger partial charge in [0.25, 0.3) is 0 Å². The zero-order chi connectivity index (χ0) is 33.2. The molecule has 45 heavy (non-hydrogen) atoms. The summed E-state index contributed by atoms with van der Waals surface area (Å²) >= 11 is 0. The number of aliphatic carboxylic acids is 1. The number of carboxylic acids is 1. The second-order valence-electron chi connectivity index (χ2n) is 10.6. The van der Waals surface area contributed by atoms with Crippen molar-refractivity contribution in [1.29, 1.82) is 0 Å². The van der Waals surface area contributed by atoms with Gasteiger partial charge < -0.3 is 25.5 Å². The Hall–Kier alpha value is -4.17. The quantitative estimate of drug-likeness (QED) is 0.253. The van der Waals surface area contributed by atoms with Crippen LogP contribution >= 0.6 is 0 Å². The number of carboxylic acid groups (broad SMARTS) is 1. The van der Waals surface area contributed by atoms with Gasteiger partial charge in [0, 0.05) is 62.7 Å². The SMILES string of the molecule is CN(CCc1ccc(C2=NCCN2)cc1)C(=O)CCCNCS(=O)(=O)c1cccc2c(N(C)C)cccc12.O=C(O)C(F)(F)F. The molecule has 0 saturated heterocycles. The van der Waals surface area contributed by atoms with E-state index in [4.69, 9.17) is 9.90 Å². The minimum Gasteiger partial charge on any atom is -0.475 e. The van der Waals surface area contributed by atoms with Crippen molar-refractivity contribution in [3.63, 3.8) is 0 Å². The molecular formula is C31H38F3N5O5S. The number of rotatable bonds is 12. The van der Waals surface area contributed by atoms with Gasteiger partial charge in [-0.05, 0) is 37.1 Å². The molecule has 3 N–H and O–H groups in total. The number of benzene rings is 3. The fourth-order valence-electron chi connectivity index (χ4n) is 4.61. The molecule has 0 saturated carbocycles. The number of fused-ring (bicyclic) bond motifs is 1. The number of amidine groups is 1. The highest BCUT2D eigenvalue weighted by molar-refractivity contribution is 7.91. The Balaban J connectivity index is 0.000000707. The number of alkyl halides is 3. The first kappa shape index (κ1) is 35.3. The normalized spacial score (nSPS) is 13.0.